The second-order valence-electron chi connectivity index (χ2n) is 6.46. The minimum Gasteiger partial charge on any atom is -0.494 e. The summed E-state index contributed by atoms with van der Waals surface area (Å²) < 4.78 is 11.6. The van der Waals surface area contributed by atoms with Crippen molar-refractivity contribution < 1.29 is 9.47 Å². The lowest BCUT2D eigenvalue weighted by Gasteiger charge is -2.08. The summed E-state index contributed by atoms with van der Waals surface area (Å²) in [6, 6.07) is 16.6. The Balaban J connectivity index is 0.00000364. The zero-order chi connectivity index (χ0) is 18.5. The molecule has 4 nitrogen and oxygen atoms in total. The third kappa shape index (κ3) is 10.8. The lowest BCUT2D eigenvalue weighted by molar-refractivity contribution is 0.287. The zero-order valence-corrected chi connectivity index (χ0v) is 18.5. The minimum absolute atomic E-state index is 0. The molecule has 0 radical (unpaired) electrons. The predicted molar refractivity (Wildman–Crippen MR) is 122 cm³/mol. The molecule has 2 rings (SSSR count). The molecule has 28 heavy (non-hydrogen) atoms. The highest BCUT2D eigenvalue weighted by Crippen LogP contribution is 2.14. The fraction of sp³-hybridized carbons (Fsp3) is 0.455. The fourth-order valence-electron chi connectivity index (χ4n) is 2.75. The Kier molecular flexibility index (Phi) is 15.6. The molecule has 158 valence electrons. The molecular weight excluding hydrogens is 395 g/mol. The summed E-state index contributed by atoms with van der Waals surface area (Å²) in [6.07, 6.45) is 4.50. The van der Waals surface area contributed by atoms with E-state index in [1.165, 1.54) is 24.0 Å². The van der Waals surface area contributed by atoms with Crippen molar-refractivity contribution in [1.29, 1.82) is 0 Å². The van der Waals surface area contributed by atoms with E-state index in [-0.39, 0.29) is 24.8 Å². The minimum atomic E-state index is 0. The van der Waals surface area contributed by atoms with Crippen LogP contribution in [0, 0.1) is 0 Å². The topological polar surface area (TPSA) is 42.5 Å². The molecule has 0 saturated heterocycles. The van der Waals surface area contributed by atoms with Gasteiger partial charge in [-0.05, 0) is 75.2 Å². The Morgan fingerprint density at radius 3 is 1.25 bits per heavy atom. The van der Waals surface area contributed by atoms with Gasteiger partial charge in [0.15, 0.2) is 0 Å². The van der Waals surface area contributed by atoms with E-state index in [1.54, 1.807) is 0 Å². The number of rotatable bonds is 13. The number of nitrogens with one attached hydrogen (secondary N) is 2. The van der Waals surface area contributed by atoms with Crippen LogP contribution in [0.2, 0.25) is 0 Å². The number of ether oxygens (including phenoxy) is 2. The Morgan fingerprint density at radius 1 is 0.571 bits per heavy atom. The SMILES string of the molecule is CNCc1ccc(OCCCCCCOc2ccc(CNC)cc2)cc1.Cl.Cl. The van der Waals surface area contributed by atoms with Crippen LogP contribution in [0.15, 0.2) is 48.5 Å². The normalized spacial score (nSPS) is 9.93. The third-order valence-corrected chi connectivity index (χ3v) is 4.18. The second kappa shape index (κ2) is 16.5. The van der Waals surface area contributed by atoms with E-state index in [0.29, 0.717) is 0 Å². The Morgan fingerprint density at radius 2 is 0.929 bits per heavy atom. The standard InChI is InChI=1S/C22H32N2O2.2ClH/c1-23-17-19-7-11-21(12-8-19)25-15-5-3-4-6-16-26-22-13-9-20(10-14-22)18-24-2;;/h7-14,23-24H,3-6,15-18H2,1-2H3;2*1H. The van der Waals surface area contributed by atoms with E-state index >= 15 is 0 Å². The van der Waals surface area contributed by atoms with E-state index in [0.717, 1.165) is 50.6 Å². The van der Waals surface area contributed by atoms with Gasteiger partial charge >= 0.3 is 0 Å². The van der Waals surface area contributed by atoms with Crippen LogP contribution < -0.4 is 20.1 Å². The van der Waals surface area contributed by atoms with E-state index in [1.807, 2.05) is 38.4 Å². The van der Waals surface area contributed by atoms with Crippen molar-refractivity contribution in [2.45, 2.75) is 38.8 Å². The summed E-state index contributed by atoms with van der Waals surface area (Å²) in [6.45, 7) is 3.34. The molecule has 0 aliphatic rings. The van der Waals surface area contributed by atoms with Crippen molar-refractivity contribution in [3.05, 3.63) is 59.7 Å². The first-order valence-corrected chi connectivity index (χ1v) is 9.54. The Labute approximate surface area is 182 Å². The largest absolute Gasteiger partial charge is 0.494 e. The van der Waals surface area contributed by atoms with Crippen LogP contribution in [0.1, 0.15) is 36.8 Å². The van der Waals surface area contributed by atoms with Crippen molar-refractivity contribution in [3.63, 3.8) is 0 Å². The van der Waals surface area contributed by atoms with Gasteiger partial charge in [-0.2, -0.15) is 0 Å². The summed E-state index contributed by atoms with van der Waals surface area (Å²) >= 11 is 0. The van der Waals surface area contributed by atoms with Crippen LogP contribution in [-0.4, -0.2) is 27.3 Å². The van der Waals surface area contributed by atoms with E-state index in [4.69, 9.17) is 9.47 Å². The molecule has 0 aliphatic carbocycles. The quantitative estimate of drug-likeness (QED) is 0.441. The molecule has 0 aliphatic heterocycles. The summed E-state index contributed by atoms with van der Waals surface area (Å²) in [5, 5.41) is 6.29. The van der Waals surface area contributed by atoms with Crippen LogP contribution in [0.3, 0.4) is 0 Å². The average Bonchev–Trinajstić information content (AvgIpc) is 2.67. The molecule has 2 aromatic rings. The molecular formula is C22H34Cl2N2O2. The first-order valence-electron chi connectivity index (χ1n) is 9.54. The highest BCUT2D eigenvalue weighted by molar-refractivity contribution is 5.85. The van der Waals surface area contributed by atoms with Crippen molar-refractivity contribution in [2.24, 2.45) is 0 Å². The lowest BCUT2D eigenvalue weighted by atomic mass is 10.2. The summed E-state index contributed by atoms with van der Waals surface area (Å²) in [5.41, 5.74) is 2.55. The smallest absolute Gasteiger partial charge is 0.119 e. The van der Waals surface area contributed by atoms with Crippen molar-refractivity contribution in [1.82, 2.24) is 10.6 Å². The molecule has 0 fully saturated rings. The van der Waals surface area contributed by atoms with Gasteiger partial charge in [-0.15, -0.1) is 24.8 Å². The van der Waals surface area contributed by atoms with Crippen LogP contribution in [0.5, 0.6) is 11.5 Å². The van der Waals surface area contributed by atoms with Crippen molar-refractivity contribution in [3.8, 4) is 11.5 Å². The number of unbranched alkanes of at least 4 members (excludes halogenated alkanes) is 3. The maximum atomic E-state index is 5.79. The van der Waals surface area contributed by atoms with E-state index in [9.17, 15) is 0 Å². The molecule has 0 amide bonds. The maximum absolute atomic E-state index is 5.79. The second-order valence-corrected chi connectivity index (χ2v) is 6.46. The van der Waals surface area contributed by atoms with Crippen LogP contribution in [0.25, 0.3) is 0 Å². The van der Waals surface area contributed by atoms with Gasteiger partial charge in [0.1, 0.15) is 11.5 Å². The molecule has 6 heteroatoms. The molecule has 0 aromatic heterocycles. The average molecular weight is 429 g/mol. The predicted octanol–water partition coefficient (Wildman–Crippen LogP) is 4.99. The first kappa shape index (κ1) is 26.5. The van der Waals surface area contributed by atoms with E-state index in [2.05, 4.69) is 34.9 Å². The van der Waals surface area contributed by atoms with Gasteiger partial charge in [0.2, 0.25) is 0 Å². The van der Waals surface area contributed by atoms with Crippen LogP contribution >= 0.6 is 24.8 Å². The molecule has 0 atom stereocenters. The first-order chi connectivity index (χ1) is 12.8. The Hall–Kier alpha value is -1.46. The highest BCUT2D eigenvalue weighted by Gasteiger charge is 1.98. The van der Waals surface area contributed by atoms with Crippen LogP contribution in [0.4, 0.5) is 0 Å². The van der Waals surface area contributed by atoms with Gasteiger partial charge in [-0.3, -0.25) is 0 Å². The molecule has 0 saturated carbocycles. The van der Waals surface area contributed by atoms with Gasteiger partial charge < -0.3 is 20.1 Å². The molecule has 2 N–H and O–H groups in total. The van der Waals surface area contributed by atoms with Gasteiger partial charge in [0.25, 0.3) is 0 Å². The number of hydrogen-bond acceptors (Lipinski definition) is 4. The molecule has 0 unspecified atom stereocenters. The van der Waals surface area contributed by atoms with Crippen molar-refractivity contribution in [2.75, 3.05) is 27.3 Å². The van der Waals surface area contributed by atoms with Gasteiger partial charge in [0.05, 0.1) is 13.2 Å². The summed E-state index contributed by atoms with van der Waals surface area (Å²) in [7, 11) is 3.91. The van der Waals surface area contributed by atoms with Gasteiger partial charge in [-0.25, -0.2) is 0 Å². The summed E-state index contributed by atoms with van der Waals surface area (Å²) in [5.74, 6) is 1.91. The molecule has 2 aromatic carbocycles. The third-order valence-electron chi connectivity index (χ3n) is 4.18. The van der Waals surface area contributed by atoms with Gasteiger partial charge in [-0.1, -0.05) is 24.3 Å². The number of halogens is 2. The zero-order valence-electron chi connectivity index (χ0n) is 16.9. The fourth-order valence-corrected chi connectivity index (χ4v) is 2.75. The van der Waals surface area contributed by atoms with E-state index < -0.39 is 0 Å². The molecule has 0 bridgehead atoms. The number of hydrogen-bond donors (Lipinski definition) is 2. The number of benzene rings is 2. The monoisotopic (exact) mass is 428 g/mol. The molecule has 0 spiro atoms. The van der Waals surface area contributed by atoms with Gasteiger partial charge in [0, 0.05) is 13.1 Å². The summed E-state index contributed by atoms with van der Waals surface area (Å²) in [4.78, 5) is 0. The molecule has 0 heterocycles. The lowest BCUT2D eigenvalue weighted by Crippen LogP contribution is -2.05. The Bertz CT molecular complexity index is 551. The van der Waals surface area contributed by atoms with Crippen LogP contribution in [-0.2, 0) is 13.1 Å². The highest BCUT2D eigenvalue weighted by atomic mass is 35.5. The maximum Gasteiger partial charge on any atom is 0.119 e. The van der Waals surface area contributed by atoms with Crippen molar-refractivity contribution >= 4 is 24.8 Å².